The van der Waals surface area contributed by atoms with Crippen LogP contribution in [0.1, 0.15) is 12.8 Å². The molecule has 1 saturated heterocycles. The normalized spacial score (nSPS) is 19.9. The summed E-state index contributed by atoms with van der Waals surface area (Å²) >= 11 is 2.52. The SMILES string of the molecule is Fc1ccc([Si]2(CI)CCCC2)cc1. The number of halogens is 2. The van der Waals surface area contributed by atoms with Crippen molar-refractivity contribution in [2.75, 3.05) is 4.05 Å². The van der Waals surface area contributed by atoms with Gasteiger partial charge in [0.25, 0.3) is 0 Å². The predicted octanol–water partition coefficient (Wildman–Crippen LogP) is 3.25. The highest BCUT2D eigenvalue weighted by Gasteiger charge is 2.36. The topological polar surface area (TPSA) is 0 Å². The van der Waals surface area contributed by atoms with E-state index in [1.54, 1.807) is 12.1 Å². The minimum absolute atomic E-state index is 0.107. The third-order valence-electron chi connectivity index (χ3n) is 3.27. The van der Waals surface area contributed by atoms with Gasteiger partial charge in [0.05, 0.1) is 8.07 Å². The van der Waals surface area contributed by atoms with Crippen molar-refractivity contribution in [1.82, 2.24) is 0 Å². The Morgan fingerprint density at radius 1 is 1.14 bits per heavy atom. The van der Waals surface area contributed by atoms with Crippen molar-refractivity contribution in [2.24, 2.45) is 0 Å². The molecule has 0 unspecified atom stereocenters. The number of benzene rings is 1. The molecule has 0 aliphatic carbocycles. The molecule has 1 aromatic rings. The Morgan fingerprint density at radius 2 is 1.71 bits per heavy atom. The molecule has 14 heavy (non-hydrogen) atoms. The zero-order chi connectivity index (χ0) is 10.0. The van der Waals surface area contributed by atoms with E-state index in [-0.39, 0.29) is 5.82 Å². The van der Waals surface area contributed by atoms with Gasteiger partial charge >= 0.3 is 0 Å². The molecular formula is C11H14FISi. The zero-order valence-electron chi connectivity index (χ0n) is 8.10. The second-order valence-corrected chi connectivity index (χ2v) is 10.8. The monoisotopic (exact) mass is 320 g/mol. The summed E-state index contributed by atoms with van der Waals surface area (Å²) in [4.78, 5) is 0. The molecule has 0 amide bonds. The van der Waals surface area contributed by atoms with Gasteiger partial charge in [-0.1, -0.05) is 64.8 Å². The molecule has 0 radical (unpaired) electrons. The summed E-state index contributed by atoms with van der Waals surface area (Å²) in [5.41, 5.74) is 0. The van der Waals surface area contributed by atoms with E-state index in [0.29, 0.717) is 0 Å². The third-order valence-corrected chi connectivity index (χ3v) is 12.3. The van der Waals surface area contributed by atoms with Gasteiger partial charge in [-0.05, 0) is 16.2 Å². The van der Waals surface area contributed by atoms with E-state index in [0.717, 1.165) is 0 Å². The Hall–Kier alpha value is 0.0969. The van der Waals surface area contributed by atoms with E-state index in [1.807, 2.05) is 12.1 Å². The lowest BCUT2D eigenvalue weighted by Crippen LogP contribution is -2.47. The Balaban J connectivity index is 2.31. The molecular weight excluding hydrogens is 306 g/mol. The van der Waals surface area contributed by atoms with Crippen LogP contribution in [-0.4, -0.2) is 12.1 Å². The van der Waals surface area contributed by atoms with Gasteiger partial charge in [-0.25, -0.2) is 4.39 Å². The predicted molar refractivity (Wildman–Crippen MR) is 69.5 cm³/mol. The molecule has 0 N–H and O–H groups in total. The fourth-order valence-electron chi connectivity index (χ4n) is 2.35. The minimum atomic E-state index is -1.19. The van der Waals surface area contributed by atoms with Crippen molar-refractivity contribution in [1.29, 1.82) is 0 Å². The highest BCUT2D eigenvalue weighted by atomic mass is 127. The maximum Gasteiger partial charge on any atom is 0.123 e. The standard InChI is InChI=1S/C11H14FISi/c12-10-3-5-11(6-4-10)14(9-13)7-1-2-8-14/h3-6H,1-2,7-9H2. The number of hydrogen-bond donors (Lipinski definition) is 0. The van der Waals surface area contributed by atoms with Gasteiger partial charge in [0.15, 0.2) is 0 Å². The first kappa shape index (κ1) is 10.6. The van der Waals surface area contributed by atoms with E-state index < -0.39 is 8.07 Å². The van der Waals surface area contributed by atoms with Crippen molar-refractivity contribution in [3.63, 3.8) is 0 Å². The van der Waals surface area contributed by atoms with Crippen LogP contribution in [0, 0.1) is 5.82 Å². The first-order valence-electron chi connectivity index (χ1n) is 5.09. The molecule has 3 heteroatoms. The fraction of sp³-hybridized carbons (Fsp3) is 0.455. The summed E-state index contributed by atoms with van der Waals surface area (Å²) in [5.74, 6) is -0.107. The van der Waals surface area contributed by atoms with Crippen LogP contribution in [0.4, 0.5) is 4.39 Å². The first-order valence-corrected chi connectivity index (χ1v) is 9.24. The maximum atomic E-state index is 12.8. The molecule has 1 fully saturated rings. The molecule has 1 aliphatic heterocycles. The summed E-state index contributed by atoms with van der Waals surface area (Å²) in [7, 11) is -1.19. The molecule has 0 saturated carbocycles. The van der Waals surface area contributed by atoms with Crippen LogP contribution in [0.3, 0.4) is 0 Å². The summed E-state index contributed by atoms with van der Waals surface area (Å²) < 4.78 is 14.1. The largest absolute Gasteiger partial charge is 0.207 e. The van der Waals surface area contributed by atoms with Crippen LogP contribution in [0.5, 0.6) is 0 Å². The molecule has 0 atom stereocenters. The van der Waals surface area contributed by atoms with E-state index in [4.69, 9.17) is 0 Å². The van der Waals surface area contributed by atoms with E-state index in [9.17, 15) is 4.39 Å². The average Bonchev–Trinajstić information content (AvgIpc) is 2.68. The lowest BCUT2D eigenvalue weighted by atomic mass is 10.3. The van der Waals surface area contributed by atoms with Crippen LogP contribution in [0.2, 0.25) is 12.1 Å². The third kappa shape index (κ3) is 1.89. The number of alkyl halides is 1. The fourth-order valence-corrected chi connectivity index (χ4v) is 9.94. The van der Waals surface area contributed by atoms with E-state index in [1.165, 1.54) is 34.2 Å². The lowest BCUT2D eigenvalue weighted by molar-refractivity contribution is 0.628. The van der Waals surface area contributed by atoms with Crippen molar-refractivity contribution >= 4 is 35.9 Å². The van der Waals surface area contributed by atoms with Crippen molar-refractivity contribution in [3.05, 3.63) is 30.1 Å². The average molecular weight is 320 g/mol. The van der Waals surface area contributed by atoms with Crippen molar-refractivity contribution in [2.45, 2.75) is 24.9 Å². The molecule has 0 nitrogen and oxygen atoms in total. The van der Waals surface area contributed by atoms with Gasteiger partial charge in [-0.2, -0.15) is 0 Å². The second-order valence-electron chi connectivity index (χ2n) is 4.13. The van der Waals surface area contributed by atoms with Gasteiger partial charge in [-0.3, -0.25) is 0 Å². The molecule has 0 bridgehead atoms. The first-order chi connectivity index (χ1) is 6.77. The van der Waals surface area contributed by atoms with E-state index in [2.05, 4.69) is 22.6 Å². The van der Waals surface area contributed by atoms with Crippen molar-refractivity contribution in [3.8, 4) is 0 Å². The van der Waals surface area contributed by atoms with Crippen LogP contribution in [-0.2, 0) is 0 Å². The molecule has 0 aromatic heterocycles. The van der Waals surface area contributed by atoms with Gasteiger partial charge in [0.2, 0.25) is 0 Å². The van der Waals surface area contributed by atoms with E-state index >= 15 is 0 Å². The van der Waals surface area contributed by atoms with Crippen molar-refractivity contribution < 1.29 is 4.39 Å². The molecule has 1 heterocycles. The number of rotatable bonds is 2. The van der Waals surface area contributed by atoms with Crippen LogP contribution < -0.4 is 5.19 Å². The Morgan fingerprint density at radius 3 is 2.21 bits per heavy atom. The molecule has 2 rings (SSSR count). The second kappa shape index (κ2) is 4.31. The summed E-state index contributed by atoms with van der Waals surface area (Å²) in [6.07, 6.45) is 2.76. The lowest BCUT2D eigenvalue weighted by Gasteiger charge is -2.24. The minimum Gasteiger partial charge on any atom is -0.207 e. The molecule has 1 aliphatic rings. The van der Waals surface area contributed by atoms with Crippen LogP contribution >= 0.6 is 22.6 Å². The smallest absolute Gasteiger partial charge is 0.123 e. The maximum absolute atomic E-state index is 12.8. The summed E-state index contributed by atoms with van der Waals surface area (Å²) in [6.45, 7) is 0. The van der Waals surface area contributed by atoms with Crippen LogP contribution in [0.25, 0.3) is 0 Å². The summed E-state index contributed by atoms with van der Waals surface area (Å²) in [6, 6.07) is 10.1. The molecule has 0 spiro atoms. The zero-order valence-corrected chi connectivity index (χ0v) is 11.3. The molecule has 1 aromatic carbocycles. The van der Waals surface area contributed by atoms with Gasteiger partial charge in [0.1, 0.15) is 5.82 Å². The quantitative estimate of drug-likeness (QED) is 0.446. The van der Waals surface area contributed by atoms with Gasteiger partial charge in [-0.15, -0.1) is 0 Å². The van der Waals surface area contributed by atoms with Crippen LogP contribution in [0.15, 0.2) is 24.3 Å². The number of hydrogen-bond acceptors (Lipinski definition) is 0. The summed E-state index contributed by atoms with van der Waals surface area (Å²) in [5, 5.41) is 1.46. The highest BCUT2D eigenvalue weighted by Crippen LogP contribution is 2.31. The van der Waals surface area contributed by atoms with Gasteiger partial charge in [0, 0.05) is 0 Å². The Labute approximate surface area is 99.1 Å². The van der Waals surface area contributed by atoms with Gasteiger partial charge < -0.3 is 0 Å². The molecule has 76 valence electrons. The Kier molecular flexibility index (Phi) is 3.26. The Bertz CT molecular complexity index is 304. The highest BCUT2D eigenvalue weighted by molar-refractivity contribution is 14.1.